The number of rotatable bonds is 1. The van der Waals surface area contributed by atoms with E-state index in [-0.39, 0.29) is 38.3 Å². The summed E-state index contributed by atoms with van der Waals surface area (Å²) in [6, 6.07) is 0. The summed E-state index contributed by atoms with van der Waals surface area (Å²) in [5, 5.41) is 0. The van der Waals surface area contributed by atoms with Gasteiger partial charge in [-0.25, -0.2) is 0 Å². The molecule has 8 N–H and O–H groups in total. The summed E-state index contributed by atoms with van der Waals surface area (Å²) in [6.07, 6.45) is 2.28. The van der Waals surface area contributed by atoms with Crippen LogP contribution in [0.3, 0.4) is 0 Å². The van der Waals surface area contributed by atoms with E-state index in [1.807, 2.05) is 0 Å². The Balaban J connectivity index is -0.0000000227. The van der Waals surface area contributed by atoms with Crippen LogP contribution in [-0.4, -0.2) is 17.3 Å². The average molecular weight is 679 g/mol. The second-order valence-corrected chi connectivity index (χ2v) is 6.68. The standard InChI is InChI=1S/C4H9.C2H5.4CH3NS2.2Mo.S/c1-3-4-2;1-2;4*2-1(3)4;;;/h1,3-4H2,2H3;1H2,2H3;4*(H3,2,3,4);;;/q2*-1;;;;;;+4;/p-4. The molecule has 0 aromatic rings. The molecule has 0 atom stereocenters. The van der Waals surface area contributed by atoms with Crippen molar-refractivity contribution < 1.29 is 39.1 Å². The molecule has 150 valence electrons. The molecule has 15 heteroatoms. The molecular weight excluding hydrogens is 657 g/mol. The van der Waals surface area contributed by atoms with E-state index in [0.717, 1.165) is 6.42 Å². The van der Waals surface area contributed by atoms with Crippen molar-refractivity contribution in [3.05, 3.63) is 13.8 Å². The van der Waals surface area contributed by atoms with Gasteiger partial charge in [0.15, 0.2) is 0 Å². The molecule has 0 saturated carbocycles. The average Bonchev–Trinajstić information content (AvgIpc) is 2.40. The summed E-state index contributed by atoms with van der Waals surface area (Å²) in [6.45, 7) is 10.7. The fourth-order valence-electron chi connectivity index (χ4n) is 0. The fraction of sp³-hybridized carbons (Fsp3) is 0.400. The van der Waals surface area contributed by atoms with Gasteiger partial charge in [-0.3, -0.25) is 0 Å². The first kappa shape index (κ1) is 50.6. The number of hydrogen-bond donors (Lipinski definition) is 4. The van der Waals surface area contributed by atoms with Gasteiger partial charge in [0.25, 0.3) is 0 Å². The predicted molar refractivity (Wildman–Crippen MR) is 135 cm³/mol. The van der Waals surface area contributed by atoms with E-state index in [1.165, 1.54) is 24.4 Å². The van der Waals surface area contributed by atoms with Crippen molar-refractivity contribution >= 4 is 126 Å². The zero-order chi connectivity index (χ0) is 21.7. The molecule has 0 aromatic heterocycles. The molecule has 0 heterocycles. The Hall–Kier alpha value is 2.04. The summed E-state index contributed by atoms with van der Waals surface area (Å²) < 4.78 is 0.333. The number of hydrogen-bond acceptors (Lipinski definition) is 9. The summed E-state index contributed by atoms with van der Waals surface area (Å²) in [7, 11) is 4.09. The van der Waals surface area contributed by atoms with Crippen LogP contribution in [0.1, 0.15) is 26.7 Å². The molecule has 25 heavy (non-hydrogen) atoms. The van der Waals surface area contributed by atoms with Crippen molar-refractivity contribution in [3.8, 4) is 0 Å². The van der Waals surface area contributed by atoms with Gasteiger partial charge in [0.2, 0.25) is 0 Å². The quantitative estimate of drug-likeness (QED) is 0.141. The van der Waals surface area contributed by atoms with Gasteiger partial charge in [-0.05, 0) is 0 Å². The molecule has 0 saturated heterocycles. The Morgan fingerprint density at radius 1 is 0.760 bits per heavy atom. The third kappa shape index (κ3) is 1630. The Morgan fingerprint density at radius 3 is 0.800 bits per heavy atom. The SMILES string of the molecule is NC(=S)[S-].NC(=S)[S-].NC(=S)[S-].NC(=S)[S-].[CH2-]C.[CH2-]CCC.[Mo+4].[S]=[Mo]. The minimum atomic E-state index is 0. The zero-order valence-corrected chi connectivity index (χ0v) is 25.0. The van der Waals surface area contributed by atoms with Crippen LogP contribution in [0, 0.1) is 13.8 Å². The van der Waals surface area contributed by atoms with Crippen LogP contribution < -0.4 is 22.9 Å². The molecule has 0 amide bonds. The van der Waals surface area contributed by atoms with E-state index >= 15 is 0 Å². The first-order valence-electron chi connectivity index (χ1n) is 5.37. The van der Waals surface area contributed by atoms with Crippen LogP contribution in [0.5, 0.6) is 0 Å². The predicted octanol–water partition coefficient (Wildman–Crippen LogP) is 2.21. The molecule has 0 rings (SSSR count). The van der Waals surface area contributed by atoms with Gasteiger partial charge in [0, 0.05) is 0 Å². The summed E-state index contributed by atoms with van der Waals surface area (Å²) in [5.74, 6) is 0. The van der Waals surface area contributed by atoms with Crippen LogP contribution in [0.25, 0.3) is 0 Å². The number of unbranched alkanes of at least 4 members (excludes halogenated alkanes) is 1. The van der Waals surface area contributed by atoms with Crippen LogP contribution >= 0.6 is 58.7 Å². The molecule has 4 nitrogen and oxygen atoms in total. The van der Waals surface area contributed by atoms with Gasteiger partial charge in [-0.15, -0.1) is 0 Å². The Labute approximate surface area is 226 Å². The van der Waals surface area contributed by atoms with E-state index < -0.39 is 0 Å². The first-order chi connectivity index (χ1) is 10.8. The molecule has 0 aliphatic rings. The topological polar surface area (TPSA) is 104 Å². The molecule has 0 radical (unpaired) electrons. The molecule has 0 fully saturated rings. The summed E-state index contributed by atoms with van der Waals surface area (Å²) in [4.78, 5) is 0. The molecule has 0 bridgehead atoms. The second-order valence-electron chi connectivity index (χ2n) is 2.13. The van der Waals surface area contributed by atoms with Gasteiger partial charge in [-0.1, -0.05) is 30.6 Å². The molecule has 0 aliphatic carbocycles. The van der Waals surface area contributed by atoms with Gasteiger partial charge in [-0.2, -0.15) is 13.3 Å². The van der Waals surface area contributed by atoms with Crippen LogP contribution in [0.15, 0.2) is 0 Å². The first-order valence-corrected chi connectivity index (χ1v) is 11.4. The molecule has 0 spiro atoms. The van der Waals surface area contributed by atoms with E-state index in [4.69, 9.17) is 0 Å². The summed E-state index contributed by atoms with van der Waals surface area (Å²) >= 11 is 34.6. The van der Waals surface area contributed by atoms with E-state index in [0.29, 0.717) is 0 Å². The maximum absolute atomic E-state index is 4.66. The minimum absolute atomic E-state index is 0. The molecule has 0 unspecified atom stereocenters. The maximum atomic E-state index is 4.66. The van der Waals surface area contributed by atoms with Crippen molar-refractivity contribution in [1.82, 2.24) is 0 Å². The second kappa shape index (κ2) is 63.5. The van der Waals surface area contributed by atoms with Crippen LogP contribution in [-0.2, 0) is 89.6 Å². The van der Waals surface area contributed by atoms with Gasteiger partial charge >= 0.3 is 48.9 Å². The van der Waals surface area contributed by atoms with Crippen LogP contribution in [0.4, 0.5) is 0 Å². The monoisotopic (exact) mass is 682 g/mol. The molecule has 0 aromatic carbocycles. The van der Waals surface area contributed by atoms with Gasteiger partial charge < -0.3 is 136 Å². The Bertz CT molecular complexity index is 219. The van der Waals surface area contributed by atoms with Crippen molar-refractivity contribution in [2.24, 2.45) is 22.9 Å². The third-order valence-electron chi connectivity index (χ3n) is 0.354. The third-order valence-corrected chi connectivity index (χ3v) is 0.354. The van der Waals surface area contributed by atoms with Crippen molar-refractivity contribution in [3.63, 3.8) is 0 Å². The van der Waals surface area contributed by atoms with E-state index in [9.17, 15) is 0 Å². The number of thiocarbonyl (C=S) groups is 4. The van der Waals surface area contributed by atoms with Crippen molar-refractivity contribution in [2.45, 2.75) is 26.7 Å². The van der Waals surface area contributed by atoms with Crippen molar-refractivity contribution in [1.29, 1.82) is 0 Å². The summed E-state index contributed by atoms with van der Waals surface area (Å²) in [5.41, 5.74) is 18.6. The Morgan fingerprint density at radius 2 is 0.800 bits per heavy atom. The fourth-order valence-corrected chi connectivity index (χ4v) is 0. The number of nitrogens with two attached hydrogens (primary N) is 4. The molecule has 0 aliphatic heterocycles. The van der Waals surface area contributed by atoms with Gasteiger partial charge in [0.05, 0.1) is 0 Å². The van der Waals surface area contributed by atoms with Gasteiger partial charge in [0.1, 0.15) is 0 Å². The van der Waals surface area contributed by atoms with E-state index in [1.54, 1.807) is 6.92 Å². The molecular formula is C10H22Mo2N4S9-2. The van der Waals surface area contributed by atoms with E-state index in [2.05, 4.69) is 153 Å². The zero-order valence-electron chi connectivity index (χ0n) is 13.6. The van der Waals surface area contributed by atoms with Crippen LogP contribution in [0.2, 0.25) is 0 Å². The van der Waals surface area contributed by atoms with Crippen molar-refractivity contribution in [2.75, 3.05) is 0 Å². The Kier molecular flexibility index (Phi) is 128. The normalized spacial score (nSPS) is 5.44.